The lowest BCUT2D eigenvalue weighted by Gasteiger charge is -2.13. The Bertz CT molecular complexity index is 1000. The number of guanidine groups is 1. The van der Waals surface area contributed by atoms with Gasteiger partial charge in [0.2, 0.25) is 0 Å². The molecule has 0 radical (unpaired) electrons. The van der Waals surface area contributed by atoms with Crippen LogP contribution in [-0.2, 0) is 26.7 Å². The molecule has 0 aliphatic heterocycles. The van der Waals surface area contributed by atoms with E-state index < -0.39 is 0 Å². The van der Waals surface area contributed by atoms with E-state index in [1.54, 1.807) is 7.05 Å². The Balaban J connectivity index is 1.63. The van der Waals surface area contributed by atoms with Crippen molar-refractivity contribution in [3.8, 4) is 0 Å². The molecule has 0 aliphatic rings. The van der Waals surface area contributed by atoms with Crippen molar-refractivity contribution in [1.82, 2.24) is 25.0 Å². The van der Waals surface area contributed by atoms with Crippen LogP contribution in [0, 0.1) is 13.8 Å². The van der Waals surface area contributed by atoms with Crippen LogP contribution in [0.2, 0.25) is 10.2 Å². The van der Waals surface area contributed by atoms with Crippen LogP contribution in [0.1, 0.15) is 28.2 Å². The Kier molecular flexibility index (Phi) is 6.87. The van der Waals surface area contributed by atoms with Gasteiger partial charge in [0, 0.05) is 37.6 Å². The van der Waals surface area contributed by atoms with Gasteiger partial charge in [0.15, 0.2) is 5.96 Å². The van der Waals surface area contributed by atoms with Crippen LogP contribution < -0.4 is 10.6 Å². The SMILES string of the molecule is CN=C(NCc1c(C)nn(Cc2ccccc2)c1C)NCc1cc(Cl)c(Cl)n1C. The van der Waals surface area contributed by atoms with Crippen molar-refractivity contribution < 1.29 is 0 Å². The molecular formula is C21H26Cl2N6. The van der Waals surface area contributed by atoms with Crippen LogP contribution in [0.5, 0.6) is 0 Å². The quantitative estimate of drug-likeness (QED) is 0.455. The van der Waals surface area contributed by atoms with Gasteiger partial charge in [-0.2, -0.15) is 5.10 Å². The van der Waals surface area contributed by atoms with Gasteiger partial charge in [-0.15, -0.1) is 0 Å². The van der Waals surface area contributed by atoms with E-state index in [1.807, 2.05) is 47.5 Å². The Hall–Kier alpha value is -2.44. The number of hydrogen-bond donors (Lipinski definition) is 2. The largest absolute Gasteiger partial charge is 0.352 e. The highest BCUT2D eigenvalue weighted by atomic mass is 35.5. The number of nitrogens with one attached hydrogen (secondary N) is 2. The molecule has 1 aromatic carbocycles. The van der Waals surface area contributed by atoms with E-state index >= 15 is 0 Å². The number of rotatable bonds is 6. The molecule has 0 bridgehead atoms. The maximum absolute atomic E-state index is 6.13. The molecule has 29 heavy (non-hydrogen) atoms. The average Bonchev–Trinajstić information content (AvgIpc) is 3.12. The molecule has 2 N–H and O–H groups in total. The summed E-state index contributed by atoms with van der Waals surface area (Å²) in [5.41, 5.74) is 5.55. The predicted molar refractivity (Wildman–Crippen MR) is 120 cm³/mol. The fourth-order valence-corrected chi connectivity index (χ4v) is 3.64. The van der Waals surface area contributed by atoms with Crippen molar-refractivity contribution in [2.45, 2.75) is 33.5 Å². The van der Waals surface area contributed by atoms with Crippen molar-refractivity contribution in [3.05, 3.63) is 74.8 Å². The molecule has 8 heteroatoms. The zero-order chi connectivity index (χ0) is 21.0. The second-order valence-electron chi connectivity index (χ2n) is 6.91. The lowest BCUT2D eigenvalue weighted by Crippen LogP contribution is -2.36. The van der Waals surface area contributed by atoms with Gasteiger partial charge in [-0.25, -0.2) is 0 Å². The normalized spacial score (nSPS) is 11.7. The third-order valence-electron chi connectivity index (χ3n) is 5.02. The fourth-order valence-electron chi connectivity index (χ4n) is 3.23. The van der Waals surface area contributed by atoms with Crippen LogP contribution in [0.25, 0.3) is 0 Å². The second kappa shape index (κ2) is 9.37. The van der Waals surface area contributed by atoms with Crippen molar-refractivity contribution in [2.24, 2.45) is 12.0 Å². The maximum Gasteiger partial charge on any atom is 0.191 e. The Labute approximate surface area is 181 Å². The smallest absolute Gasteiger partial charge is 0.191 e. The molecule has 6 nitrogen and oxygen atoms in total. The molecule has 2 aromatic heterocycles. The van der Waals surface area contributed by atoms with Gasteiger partial charge < -0.3 is 15.2 Å². The van der Waals surface area contributed by atoms with Crippen molar-refractivity contribution in [2.75, 3.05) is 7.05 Å². The van der Waals surface area contributed by atoms with E-state index in [-0.39, 0.29) is 0 Å². The highest BCUT2D eigenvalue weighted by molar-refractivity contribution is 6.41. The monoisotopic (exact) mass is 432 g/mol. The number of aromatic nitrogens is 3. The van der Waals surface area contributed by atoms with E-state index in [9.17, 15) is 0 Å². The molecule has 0 unspecified atom stereocenters. The summed E-state index contributed by atoms with van der Waals surface area (Å²) in [6, 6.07) is 12.2. The summed E-state index contributed by atoms with van der Waals surface area (Å²) in [4.78, 5) is 4.30. The molecule has 3 aromatic rings. The highest BCUT2D eigenvalue weighted by Crippen LogP contribution is 2.24. The van der Waals surface area contributed by atoms with Crippen molar-refractivity contribution in [1.29, 1.82) is 0 Å². The number of benzene rings is 1. The molecule has 0 aliphatic carbocycles. The van der Waals surface area contributed by atoms with Crippen molar-refractivity contribution in [3.63, 3.8) is 0 Å². The van der Waals surface area contributed by atoms with Gasteiger partial charge in [0.05, 0.1) is 23.8 Å². The molecule has 0 amide bonds. The number of hydrogen-bond acceptors (Lipinski definition) is 2. The minimum atomic E-state index is 0.531. The topological polar surface area (TPSA) is 59.2 Å². The third-order valence-corrected chi connectivity index (χ3v) is 5.86. The Morgan fingerprint density at radius 3 is 2.41 bits per heavy atom. The summed E-state index contributed by atoms with van der Waals surface area (Å²) in [6.07, 6.45) is 0. The lowest BCUT2D eigenvalue weighted by atomic mass is 10.2. The highest BCUT2D eigenvalue weighted by Gasteiger charge is 2.13. The van der Waals surface area contributed by atoms with E-state index in [4.69, 9.17) is 28.3 Å². The summed E-state index contributed by atoms with van der Waals surface area (Å²) < 4.78 is 3.90. The van der Waals surface area contributed by atoms with E-state index in [0.717, 1.165) is 23.6 Å². The minimum absolute atomic E-state index is 0.531. The van der Waals surface area contributed by atoms with E-state index in [1.165, 1.54) is 11.1 Å². The molecule has 154 valence electrons. The average molecular weight is 433 g/mol. The van der Waals surface area contributed by atoms with Crippen molar-refractivity contribution >= 4 is 29.2 Å². The summed E-state index contributed by atoms with van der Waals surface area (Å²) in [7, 11) is 3.63. The molecular weight excluding hydrogens is 407 g/mol. The minimum Gasteiger partial charge on any atom is -0.352 e. The van der Waals surface area contributed by atoms with Crippen LogP contribution in [0.3, 0.4) is 0 Å². The first-order chi connectivity index (χ1) is 13.9. The zero-order valence-corrected chi connectivity index (χ0v) is 18.6. The first-order valence-corrected chi connectivity index (χ1v) is 10.2. The van der Waals surface area contributed by atoms with Gasteiger partial charge in [0.1, 0.15) is 5.15 Å². The molecule has 0 saturated carbocycles. The summed E-state index contributed by atoms with van der Waals surface area (Å²) in [5.74, 6) is 0.702. The van der Waals surface area contributed by atoms with E-state index in [2.05, 4.69) is 34.7 Å². The number of nitrogens with zero attached hydrogens (tertiary/aromatic N) is 4. The zero-order valence-electron chi connectivity index (χ0n) is 17.1. The number of aryl methyl sites for hydroxylation is 1. The Morgan fingerprint density at radius 1 is 1.10 bits per heavy atom. The molecule has 0 fully saturated rings. The number of halogens is 2. The van der Waals surface area contributed by atoms with E-state index in [0.29, 0.717) is 29.2 Å². The first kappa shape index (κ1) is 21.3. The Morgan fingerprint density at radius 2 is 1.79 bits per heavy atom. The fraction of sp³-hybridized carbons (Fsp3) is 0.333. The van der Waals surface area contributed by atoms with Crippen LogP contribution in [0.4, 0.5) is 0 Å². The van der Waals surface area contributed by atoms with Gasteiger partial charge in [-0.05, 0) is 25.5 Å². The lowest BCUT2D eigenvalue weighted by molar-refractivity contribution is 0.657. The molecule has 2 heterocycles. The predicted octanol–water partition coefficient (Wildman–Crippen LogP) is 4.06. The number of aliphatic imine (C=N–C) groups is 1. The van der Waals surface area contributed by atoms with Gasteiger partial charge in [-0.3, -0.25) is 9.67 Å². The molecule has 0 saturated heterocycles. The van der Waals surface area contributed by atoms with Gasteiger partial charge in [-0.1, -0.05) is 53.5 Å². The first-order valence-electron chi connectivity index (χ1n) is 9.41. The third kappa shape index (κ3) is 4.95. The van der Waals surface area contributed by atoms with Crippen LogP contribution in [-0.4, -0.2) is 27.4 Å². The summed E-state index contributed by atoms with van der Waals surface area (Å²) >= 11 is 12.2. The molecule has 0 spiro atoms. The van der Waals surface area contributed by atoms with Gasteiger partial charge >= 0.3 is 0 Å². The standard InChI is InChI=1S/C21H26Cl2N6/c1-14-18(15(2)29(27-14)13-16-8-6-5-7-9-16)12-26-21(24-3)25-11-17-10-19(22)20(23)28(17)4/h5-10H,11-13H2,1-4H3,(H2,24,25,26). The summed E-state index contributed by atoms with van der Waals surface area (Å²) in [5, 5.41) is 12.5. The van der Waals surface area contributed by atoms with Crippen LogP contribution in [0.15, 0.2) is 41.4 Å². The summed E-state index contributed by atoms with van der Waals surface area (Å²) in [6.45, 7) is 6.10. The van der Waals surface area contributed by atoms with Crippen LogP contribution >= 0.6 is 23.2 Å². The van der Waals surface area contributed by atoms with Gasteiger partial charge in [0.25, 0.3) is 0 Å². The molecule has 0 atom stereocenters. The molecule has 3 rings (SSSR count). The second-order valence-corrected chi connectivity index (χ2v) is 7.67. The maximum atomic E-state index is 6.13.